The molecule has 0 atom stereocenters. The molecule has 0 unspecified atom stereocenters. The number of fused-ring (bicyclic) bond motifs is 1. The Bertz CT molecular complexity index is 770. The van der Waals surface area contributed by atoms with Gasteiger partial charge in [-0.1, -0.05) is 41.5 Å². The lowest BCUT2D eigenvalue weighted by molar-refractivity contribution is -0.122. The monoisotopic (exact) mass is 372 g/mol. The van der Waals surface area contributed by atoms with Crippen molar-refractivity contribution in [3.05, 3.63) is 17.6 Å². The molecule has 0 spiro atoms. The molecule has 3 amide bonds. The van der Waals surface area contributed by atoms with E-state index in [9.17, 15) is 9.59 Å². The number of amides is 3. The van der Waals surface area contributed by atoms with Gasteiger partial charge in [0.25, 0.3) is 0 Å². The highest BCUT2D eigenvalue weighted by Gasteiger charge is 2.35. The molecule has 27 heavy (non-hydrogen) atoms. The average Bonchev–Trinajstić information content (AvgIpc) is 2.55. The van der Waals surface area contributed by atoms with Crippen molar-refractivity contribution >= 4 is 17.8 Å². The van der Waals surface area contributed by atoms with Gasteiger partial charge in [-0.3, -0.25) is 9.69 Å². The minimum atomic E-state index is -0.286. The highest BCUT2D eigenvalue weighted by atomic mass is 16.2. The molecule has 0 fully saturated rings. The number of nitrogens with one attached hydrogen (secondary N) is 1. The van der Waals surface area contributed by atoms with Crippen molar-refractivity contribution < 1.29 is 9.59 Å². The van der Waals surface area contributed by atoms with Crippen LogP contribution in [0.5, 0.6) is 0 Å². The molecule has 2 heterocycles. The number of carbonyl (C=O) groups is 2. The molecule has 0 aliphatic carbocycles. The number of anilines is 1. The van der Waals surface area contributed by atoms with Gasteiger partial charge in [0.1, 0.15) is 18.4 Å². The topological polar surface area (TPSA) is 102 Å². The number of urea groups is 1. The largest absolute Gasteiger partial charge is 0.354 e. The number of nitrogens with zero attached hydrogens (tertiary/aromatic N) is 5. The van der Waals surface area contributed by atoms with E-state index in [2.05, 4.69) is 15.3 Å². The van der Waals surface area contributed by atoms with Gasteiger partial charge in [-0.25, -0.2) is 14.8 Å². The zero-order valence-electron chi connectivity index (χ0n) is 17.0. The van der Waals surface area contributed by atoms with Gasteiger partial charge < -0.3 is 10.2 Å². The van der Waals surface area contributed by atoms with Gasteiger partial charge in [-0.05, 0) is 10.8 Å². The predicted octanol–water partition coefficient (Wildman–Crippen LogP) is 2.30. The summed E-state index contributed by atoms with van der Waals surface area (Å²) < 4.78 is 0. The summed E-state index contributed by atoms with van der Waals surface area (Å²) in [4.78, 5) is 36.6. The van der Waals surface area contributed by atoms with E-state index in [4.69, 9.17) is 5.26 Å². The Balaban J connectivity index is 2.25. The fourth-order valence-corrected chi connectivity index (χ4v) is 2.66. The first-order chi connectivity index (χ1) is 12.4. The van der Waals surface area contributed by atoms with Crippen LogP contribution in [-0.4, -0.2) is 46.4 Å². The molecular weight excluding hydrogens is 344 g/mol. The Kier molecular flexibility index (Phi) is 5.73. The smallest absolute Gasteiger partial charge is 0.326 e. The molecule has 1 N–H and O–H groups in total. The maximum absolute atomic E-state index is 13.0. The summed E-state index contributed by atoms with van der Waals surface area (Å²) in [6, 6.07) is 1.63. The molecule has 8 heteroatoms. The van der Waals surface area contributed by atoms with Gasteiger partial charge >= 0.3 is 6.03 Å². The van der Waals surface area contributed by atoms with E-state index >= 15 is 0 Å². The molecule has 0 saturated heterocycles. The van der Waals surface area contributed by atoms with Crippen LogP contribution in [0.15, 0.2) is 6.20 Å². The van der Waals surface area contributed by atoms with Crippen LogP contribution >= 0.6 is 0 Å². The first-order valence-corrected chi connectivity index (χ1v) is 8.99. The first kappa shape index (κ1) is 20.6. The van der Waals surface area contributed by atoms with Crippen LogP contribution in [-0.2, 0) is 11.3 Å². The molecule has 8 nitrogen and oxygen atoms in total. The lowest BCUT2D eigenvalue weighted by Crippen LogP contribution is -2.53. The number of hydrogen-bond acceptors (Lipinski definition) is 5. The minimum absolute atomic E-state index is 0.0248. The maximum Gasteiger partial charge on any atom is 0.326 e. The molecule has 0 saturated carbocycles. The van der Waals surface area contributed by atoms with Crippen molar-refractivity contribution in [3.63, 3.8) is 0 Å². The summed E-state index contributed by atoms with van der Waals surface area (Å²) in [5, 5.41) is 11.9. The van der Waals surface area contributed by atoms with Crippen molar-refractivity contribution in [2.24, 2.45) is 10.8 Å². The fraction of sp³-hybridized carbons (Fsp3) is 0.632. The normalized spacial score (nSPS) is 14.6. The summed E-state index contributed by atoms with van der Waals surface area (Å²) in [5.41, 5.74) is 0.511. The van der Waals surface area contributed by atoms with Crippen molar-refractivity contribution in [3.8, 4) is 6.07 Å². The molecule has 1 aromatic rings. The van der Waals surface area contributed by atoms with Gasteiger partial charge in [0, 0.05) is 24.8 Å². The van der Waals surface area contributed by atoms with E-state index in [-0.39, 0.29) is 41.7 Å². The van der Waals surface area contributed by atoms with Crippen LogP contribution in [0, 0.1) is 22.2 Å². The number of rotatable bonds is 4. The molecule has 0 radical (unpaired) electrons. The first-order valence-electron chi connectivity index (χ1n) is 8.99. The summed E-state index contributed by atoms with van der Waals surface area (Å²) in [5.74, 6) is 0.275. The summed E-state index contributed by atoms with van der Waals surface area (Å²) in [6.07, 6.45) is 1.56. The van der Waals surface area contributed by atoms with E-state index in [1.165, 1.54) is 4.90 Å². The van der Waals surface area contributed by atoms with Gasteiger partial charge in [-0.15, -0.1) is 0 Å². The summed E-state index contributed by atoms with van der Waals surface area (Å²) in [7, 11) is 0. The highest BCUT2D eigenvalue weighted by molar-refractivity contribution is 5.96. The molecule has 2 rings (SSSR count). The third-order valence-corrected chi connectivity index (χ3v) is 3.84. The predicted molar refractivity (Wildman–Crippen MR) is 102 cm³/mol. The molecule has 1 aromatic heterocycles. The Hall–Kier alpha value is -2.69. The van der Waals surface area contributed by atoms with Gasteiger partial charge in [0.05, 0.1) is 6.54 Å². The summed E-state index contributed by atoms with van der Waals surface area (Å²) >= 11 is 0. The lowest BCUT2D eigenvalue weighted by Gasteiger charge is -2.38. The second-order valence-corrected chi connectivity index (χ2v) is 9.28. The maximum atomic E-state index is 13.0. The van der Waals surface area contributed by atoms with Gasteiger partial charge in [0.2, 0.25) is 11.7 Å². The zero-order chi connectivity index (χ0) is 20.4. The average molecular weight is 372 g/mol. The van der Waals surface area contributed by atoms with Crippen molar-refractivity contribution in [1.82, 2.24) is 20.2 Å². The Morgan fingerprint density at radius 3 is 2.48 bits per heavy atom. The molecule has 146 valence electrons. The number of aromatic nitrogens is 2. The molecule has 0 aromatic carbocycles. The van der Waals surface area contributed by atoms with E-state index < -0.39 is 0 Å². The standard InChI is InChI=1S/C19H28N6O2/c1-18(2,3)11-22-15(26)10-24-9-13-8-21-14(7-20)23-16(13)25(17(24)27)12-19(4,5)6/h8H,9-12H2,1-6H3,(H,22,26). The number of nitriles is 1. The number of carbonyl (C=O) groups excluding carboxylic acids is 2. The quantitative estimate of drug-likeness (QED) is 0.874. The van der Waals surface area contributed by atoms with Gasteiger partial charge in [-0.2, -0.15) is 5.26 Å². The molecular formula is C19H28N6O2. The zero-order valence-corrected chi connectivity index (χ0v) is 17.0. The Labute approximate surface area is 160 Å². The second-order valence-electron chi connectivity index (χ2n) is 9.28. The van der Waals surface area contributed by atoms with E-state index in [0.29, 0.717) is 18.9 Å². The van der Waals surface area contributed by atoms with Crippen LogP contribution in [0.3, 0.4) is 0 Å². The third kappa shape index (κ3) is 5.64. The molecule has 0 bridgehead atoms. The Morgan fingerprint density at radius 1 is 1.26 bits per heavy atom. The van der Waals surface area contributed by atoms with Crippen LogP contribution in [0.25, 0.3) is 0 Å². The third-order valence-electron chi connectivity index (χ3n) is 3.84. The molecule has 1 aliphatic heterocycles. The SMILES string of the molecule is CC(C)(C)CNC(=O)CN1Cc2cnc(C#N)nc2N(CC(C)(C)C)C1=O. The van der Waals surface area contributed by atoms with Crippen LogP contribution < -0.4 is 10.2 Å². The molecule has 1 aliphatic rings. The van der Waals surface area contributed by atoms with E-state index in [1.807, 2.05) is 47.6 Å². The Morgan fingerprint density at radius 2 is 1.93 bits per heavy atom. The second kappa shape index (κ2) is 7.51. The van der Waals surface area contributed by atoms with Gasteiger partial charge in [0.15, 0.2) is 0 Å². The van der Waals surface area contributed by atoms with E-state index in [0.717, 1.165) is 5.56 Å². The van der Waals surface area contributed by atoms with Crippen molar-refractivity contribution in [2.75, 3.05) is 24.5 Å². The van der Waals surface area contributed by atoms with Crippen LogP contribution in [0.4, 0.5) is 10.6 Å². The minimum Gasteiger partial charge on any atom is -0.354 e. The van der Waals surface area contributed by atoms with Crippen LogP contribution in [0.1, 0.15) is 52.9 Å². The lowest BCUT2D eigenvalue weighted by atomic mass is 9.95. The summed E-state index contributed by atoms with van der Waals surface area (Å²) in [6.45, 7) is 13.3. The highest BCUT2D eigenvalue weighted by Crippen LogP contribution is 2.29. The fourth-order valence-electron chi connectivity index (χ4n) is 2.66. The van der Waals surface area contributed by atoms with E-state index in [1.54, 1.807) is 11.1 Å². The van der Waals surface area contributed by atoms with Crippen molar-refractivity contribution in [1.29, 1.82) is 5.26 Å². The number of hydrogen-bond donors (Lipinski definition) is 1. The van der Waals surface area contributed by atoms with Crippen molar-refractivity contribution in [2.45, 2.75) is 48.1 Å². The van der Waals surface area contributed by atoms with Crippen LogP contribution in [0.2, 0.25) is 0 Å².